The maximum atomic E-state index is 15.3. The summed E-state index contributed by atoms with van der Waals surface area (Å²) in [6.45, 7) is 2.83. The highest BCUT2D eigenvalue weighted by molar-refractivity contribution is 6.16. The SMILES string of the molecule is C[C@@H](N)CCOc1cc2ncnc(Oc3ccc(NC(=O)C4(C(=O)Nc5ccc(F)cc5)CC4)cc3F)c2c2c1OCCO2. The van der Waals surface area contributed by atoms with Crippen molar-refractivity contribution in [2.24, 2.45) is 11.1 Å². The van der Waals surface area contributed by atoms with Crippen LogP contribution < -0.4 is 35.3 Å². The second-order valence-electron chi connectivity index (χ2n) is 10.7. The smallest absolute Gasteiger partial charge is 0.240 e. The molecule has 6 rings (SSSR count). The van der Waals surface area contributed by atoms with Crippen LogP contribution in [0.4, 0.5) is 20.2 Å². The Balaban J connectivity index is 1.19. The molecule has 0 spiro atoms. The zero-order valence-electron chi connectivity index (χ0n) is 23.7. The molecule has 1 aromatic heterocycles. The quantitative estimate of drug-likeness (QED) is 0.214. The van der Waals surface area contributed by atoms with E-state index in [-0.39, 0.29) is 30.0 Å². The monoisotopic (exact) mass is 605 g/mol. The first kappa shape index (κ1) is 29.1. The Bertz CT molecular complexity index is 1730. The molecule has 2 amide bonds. The molecule has 13 heteroatoms. The Labute approximate surface area is 250 Å². The fraction of sp³-hybridized carbons (Fsp3) is 0.290. The maximum Gasteiger partial charge on any atom is 0.240 e. The molecule has 0 bridgehead atoms. The number of fused-ring (bicyclic) bond motifs is 3. The third-order valence-corrected chi connectivity index (χ3v) is 7.29. The van der Waals surface area contributed by atoms with E-state index in [4.69, 9.17) is 24.7 Å². The lowest BCUT2D eigenvalue weighted by Crippen LogP contribution is -2.35. The number of rotatable bonds is 10. The van der Waals surface area contributed by atoms with Gasteiger partial charge in [-0.25, -0.2) is 18.7 Å². The summed E-state index contributed by atoms with van der Waals surface area (Å²) in [6.07, 6.45) is 2.56. The van der Waals surface area contributed by atoms with Gasteiger partial charge < -0.3 is 35.3 Å². The third kappa shape index (κ3) is 5.91. The highest BCUT2D eigenvalue weighted by Gasteiger charge is 2.56. The van der Waals surface area contributed by atoms with E-state index in [1.165, 1.54) is 42.7 Å². The molecule has 0 unspecified atom stereocenters. The topological polar surface area (TPSA) is 147 Å². The van der Waals surface area contributed by atoms with Crippen molar-refractivity contribution in [3.63, 3.8) is 0 Å². The Morgan fingerprint density at radius 2 is 1.64 bits per heavy atom. The van der Waals surface area contributed by atoms with Gasteiger partial charge in [0.1, 0.15) is 36.2 Å². The summed E-state index contributed by atoms with van der Waals surface area (Å²) in [5.74, 6) is -1.34. The Kier molecular flexibility index (Phi) is 7.87. The van der Waals surface area contributed by atoms with E-state index in [9.17, 15) is 14.0 Å². The number of carbonyl (C=O) groups is 2. The van der Waals surface area contributed by atoms with Gasteiger partial charge in [0.05, 0.1) is 12.1 Å². The predicted octanol–water partition coefficient (Wildman–Crippen LogP) is 4.95. The summed E-state index contributed by atoms with van der Waals surface area (Å²) in [5.41, 5.74) is 5.47. The predicted molar refractivity (Wildman–Crippen MR) is 156 cm³/mol. The van der Waals surface area contributed by atoms with E-state index in [1.807, 2.05) is 6.92 Å². The standard InChI is InChI=1S/C31H29F2N5O6/c1-17(34)8-11-41-24-15-22-25(27-26(24)42-12-13-43-27)28(36-16-35-22)44-23-7-6-20(14-21(23)33)38-30(40)31(9-10-31)29(39)37-19-4-2-18(32)3-5-19/h2-7,14-17H,8-13,34H2,1H3,(H,37,39)(H,38,40)/t17-/m1/s1. The molecule has 2 aliphatic rings. The van der Waals surface area contributed by atoms with Crippen LogP contribution in [0.5, 0.6) is 28.9 Å². The molecular formula is C31H29F2N5O6. The highest BCUT2D eigenvalue weighted by atomic mass is 19.1. The van der Waals surface area contributed by atoms with E-state index < -0.39 is 28.9 Å². The lowest BCUT2D eigenvalue weighted by molar-refractivity contribution is -0.131. The van der Waals surface area contributed by atoms with Crippen LogP contribution in [-0.4, -0.2) is 47.6 Å². The molecule has 11 nitrogen and oxygen atoms in total. The minimum Gasteiger partial charge on any atom is -0.489 e. The van der Waals surface area contributed by atoms with Gasteiger partial charge in [-0.15, -0.1) is 0 Å². The molecule has 1 fully saturated rings. The number of hydrogen-bond acceptors (Lipinski definition) is 9. The molecule has 0 radical (unpaired) electrons. The molecule has 1 atom stereocenters. The molecule has 44 heavy (non-hydrogen) atoms. The Hall–Kier alpha value is -5.04. The van der Waals surface area contributed by atoms with Crippen molar-refractivity contribution < 1.29 is 37.3 Å². The summed E-state index contributed by atoms with van der Waals surface area (Å²) in [7, 11) is 0. The molecule has 0 saturated heterocycles. The number of carbonyl (C=O) groups excluding carboxylic acids is 2. The molecule has 2 heterocycles. The zero-order valence-corrected chi connectivity index (χ0v) is 23.7. The van der Waals surface area contributed by atoms with E-state index >= 15 is 4.39 Å². The van der Waals surface area contributed by atoms with Gasteiger partial charge in [-0.1, -0.05) is 0 Å². The third-order valence-electron chi connectivity index (χ3n) is 7.29. The van der Waals surface area contributed by atoms with Crippen LogP contribution in [0.1, 0.15) is 26.2 Å². The number of nitrogens with one attached hydrogen (secondary N) is 2. The van der Waals surface area contributed by atoms with E-state index in [0.29, 0.717) is 66.3 Å². The number of benzene rings is 3. The maximum absolute atomic E-state index is 15.3. The molecule has 228 valence electrons. The van der Waals surface area contributed by atoms with Gasteiger partial charge in [0.15, 0.2) is 23.1 Å². The van der Waals surface area contributed by atoms with Gasteiger partial charge in [0, 0.05) is 29.5 Å². The summed E-state index contributed by atoms with van der Waals surface area (Å²) in [6, 6.07) is 10.7. The van der Waals surface area contributed by atoms with E-state index in [2.05, 4.69) is 20.6 Å². The van der Waals surface area contributed by atoms with Crippen molar-refractivity contribution in [1.29, 1.82) is 0 Å². The van der Waals surface area contributed by atoms with Crippen molar-refractivity contribution >= 4 is 34.1 Å². The summed E-state index contributed by atoms with van der Waals surface area (Å²) in [4.78, 5) is 34.4. The van der Waals surface area contributed by atoms with Crippen LogP contribution in [-0.2, 0) is 9.59 Å². The molecule has 1 saturated carbocycles. The van der Waals surface area contributed by atoms with Crippen molar-refractivity contribution in [3.8, 4) is 28.9 Å². The van der Waals surface area contributed by atoms with Gasteiger partial charge >= 0.3 is 0 Å². The number of nitrogens with two attached hydrogens (primary N) is 1. The number of hydrogen-bond donors (Lipinski definition) is 3. The Morgan fingerprint density at radius 1 is 0.955 bits per heavy atom. The average molecular weight is 606 g/mol. The fourth-order valence-electron chi connectivity index (χ4n) is 4.70. The molecule has 3 aromatic carbocycles. The summed E-state index contributed by atoms with van der Waals surface area (Å²) >= 11 is 0. The molecule has 1 aliphatic heterocycles. The van der Waals surface area contributed by atoms with Crippen LogP contribution in [0.25, 0.3) is 10.9 Å². The van der Waals surface area contributed by atoms with Gasteiger partial charge in [-0.3, -0.25) is 9.59 Å². The largest absolute Gasteiger partial charge is 0.489 e. The Morgan fingerprint density at radius 3 is 2.32 bits per heavy atom. The van der Waals surface area contributed by atoms with Crippen molar-refractivity contribution in [1.82, 2.24) is 9.97 Å². The zero-order chi connectivity index (χ0) is 30.8. The van der Waals surface area contributed by atoms with Gasteiger partial charge in [-0.05, 0) is 62.6 Å². The molecule has 4 aromatic rings. The lowest BCUT2D eigenvalue weighted by Gasteiger charge is -2.23. The first-order chi connectivity index (χ1) is 21.2. The summed E-state index contributed by atoms with van der Waals surface area (Å²) < 4.78 is 52.0. The second kappa shape index (κ2) is 11.9. The van der Waals surface area contributed by atoms with Crippen LogP contribution in [0.2, 0.25) is 0 Å². The number of halogens is 2. The first-order valence-corrected chi connectivity index (χ1v) is 14.0. The molecular weight excluding hydrogens is 576 g/mol. The van der Waals surface area contributed by atoms with Gasteiger partial charge in [0.25, 0.3) is 0 Å². The minimum atomic E-state index is -1.30. The van der Waals surface area contributed by atoms with Crippen molar-refractivity contribution in [2.45, 2.75) is 32.2 Å². The van der Waals surface area contributed by atoms with Gasteiger partial charge in [-0.2, -0.15) is 0 Å². The molecule has 4 N–H and O–H groups in total. The van der Waals surface area contributed by atoms with Crippen LogP contribution >= 0.6 is 0 Å². The fourth-order valence-corrected chi connectivity index (χ4v) is 4.70. The van der Waals surface area contributed by atoms with Crippen molar-refractivity contribution in [2.75, 3.05) is 30.5 Å². The molecule has 1 aliphatic carbocycles. The van der Waals surface area contributed by atoms with Crippen molar-refractivity contribution in [3.05, 3.63) is 66.5 Å². The second-order valence-corrected chi connectivity index (χ2v) is 10.7. The lowest BCUT2D eigenvalue weighted by atomic mass is 10.0. The number of nitrogens with zero attached hydrogens (tertiary/aromatic N) is 2. The van der Waals surface area contributed by atoms with E-state index in [1.54, 1.807) is 6.07 Å². The number of ether oxygens (including phenoxy) is 4. The number of amides is 2. The number of anilines is 2. The normalized spacial score (nSPS) is 15.3. The average Bonchev–Trinajstić information content (AvgIpc) is 3.82. The minimum absolute atomic E-state index is 0.0314. The van der Waals surface area contributed by atoms with E-state index in [0.717, 1.165) is 6.07 Å². The number of aromatic nitrogens is 2. The van der Waals surface area contributed by atoms with Crippen LogP contribution in [0.3, 0.4) is 0 Å². The van der Waals surface area contributed by atoms with Crippen LogP contribution in [0, 0.1) is 17.0 Å². The first-order valence-electron chi connectivity index (χ1n) is 14.0. The highest BCUT2D eigenvalue weighted by Crippen LogP contribution is 2.49. The van der Waals surface area contributed by atoms with Crippen LogP contribution in [0.15, 0.2) is 54.9 Å². The van der Waals surface area contributed by atoms with Gasteiger partial charge in [0.2, 0.25) is 23.4 Å². The summed E-state index contributed by atoms with van der Waals surface area (Å²) in [5, 5.41) is 5.63.